The largest absolute Gasteiger partial charge is 0.487 e. The van der Waals surface area contributed by atoms with Gasteiger partial charge in [0.1, 0.15) is 16.9 Å². The van der Waals surface area contributed by atoms with Crippen molar-refractivity contribution in [1.82, 2.24) is 4.90 Å². The molecule has 1 amide bonds. The van der Waals surface area contributed by atoms with Gasteiger partial charge in [0.05, 0.1) is 6.10 Å². The molecule has 3 heterocycles. The Morgan fingerprint density at radius 3 is 2.64 bits per heavy atom. The van der Waals surface area contributed by atoms with Crippen LogP contribution in [0.1, 0.15) is 79.7 Å². The van der Waals surface area contributed by atoms with Crippen molar-refractivity contribution in [2.24, 2.45) is 5.92 Å². The third-order valence-corrected chi connectivity index (χ3v) is 7.10. The molecule has 5 nitrogen and oxygen atoms in total. The lowest BCUT2D eigenvalue weighted by Gasteiger charge is -2.38. The molecule has 1 saturated carbocycles. The lowest BCUT2D eigenvalue weighted by molar-refractivity contribution is -0.00845. The molecular weight excluding hydrogens is 354 g/mol. The Morgan fingerprint density at radius 2 is 1.93 bits per heavy atom. The molecule has 0 radical (unpaired) electrons. The molecule has 28 heavy (non-hydrogen) atoms. The Kier molecular flexibility index (Phi) is 4.20. The summed E-state index contributed by atoms with van der Waals surface area (Å²) in [7, 11) is 0. The van der Waals surface area contributed by atoms with Crippen molar-refractivity contribution in [3.8, 4) is 5.75 Å². The second-order valence-electron chi connectivity index (χ2n) is 9.09. The van der Waals surface area contributed by atoms with E-state index in [1.54, 1.807) is 0 Å². The summed E-state index contributed by atoms with van der Waals surface area (Å²) in [5.41, 5.74) is 2.05. The number of furan rings is 1. The number of benzene rings is 1. The minimum Gasteiger partial charge on any atom is -0.487 e. The van der Waals surface area contributed by atoms with E-state index in [2.05, 4.69) is 6.92 Å². The van der Waals surface area contributed by atoms with Gasteiger partial charge < -0.3 is 19.2 Å². The number of aryl methyl sites for hydroxylation is 1. The maximum absolute atomic E-state index is 13.1. The number of carbonyl (C=O) groups excluding carboxylic acids is 1. The molecule has 1 aromatic carbocycles. The van der Waals surface area contributed by atoms with Crippen LogP contribution >= 0.6 is 0 Å². The first kappa shape index (κ1) is 18.0. The van der Waals surface area contributed by atoms with Crippen LogP contribution in [-0.4, -0.2) is 34.6 Å². The Balaban J connectivity index is 1.54. The molecule has 1 N–H and O–H groups in total. The van der Waals surface area contributed by atoms with E-state index in [9.17, 15) is 9.90 Å². The molecule has 2 fully saturated rings. The predicted octanol–water partition coefficient (Wildman–Crippen LogP) is 4.74. The van der Waals surface area contributed by atoms with Crippen molar-refractivity contribution < 1.29 is 19.1 Å². The van der Waals surface area contributed by atoms with Crippen LogP contribution in [0.4, 0.5) is 0 Å². The van der Waals surface area contributed by atoms with E-state index in [0.29, 0.717) is 23.7 Å². The fourth-order valence-corrected chi connectivity index (χ4v) is 5.39. The average molecular weight is 383 g/mol. The zero-order valence-corrected chi connectivity index (χ0v) is 16.8. The molecule has 150 valence electrons. The number of aliphatic hydroxyl groups excluding tert-OH is 1. The molecule has 5 rings (SSSR count). The second-order valence-corrected chi connectivity index (χ2v) is 9.09. The normalized spacial score (nSPS) is 24.5. The fraction of sp³-hybridized carbons (Fsp3) is 0.609. The third-order valence-electron chi connectivity index (χ3n) is 7.10. The third kappa shape index (κ3) is 2.74. The highest BCUT2D eigenvalue weighted by molar-refractivity contribution is 6.00. The molecule has 2 aromatic rings. The highest BCUT2D eigenvalue weighted by Crippen LogP contribution is 2.50. The highest BCUT2D eigenvalue weighted by atomic mass is 16.5. The van der Waals surface area contributed by atoms with Crippen LogP contribution in [0, 0.1) is 12.8 Å². The van der Waals surface area contributed by atoms with Crippen LogP contribution in [0.2, 0.25) is 0 Å². The van der Waals surface area contributed by atoms with Crippen LogP contribution in [0.5, 0.6) is 5.75 Å². The van der Waals surface area contributed by atoms with Crippen LogP contribution in [-0.2, 0) is 0 Å². The van der Waals surface area contributed by atoms with Gasteiger partial charge in [-0.2, -0.15) is 0 Å². The van der Waals surface area contributed by atoms with Gasteiger partial charge in [-0.3, -0.25) is 4.79 Å². The Morgan fingerprint density at radius 1 is 1.21 bits per heavy atom. The molecular formula is C23H29NO4. The predicted molar refractivity (Wildman–Crippen MR) is 107 cm³/mol. The van der Waals surface area contributed by atoms with E-state index in [1.807, 2.05) is 24.0 Å². The summed E-state index contributed by atoms with van der Waals surface area (Å²) in [5, 5.41) is 11.9. The minimum absolute atomic E-state index is 0.0344. The quantitative estimate of drug-likeness (QED) is 0.772. The number of hydrogen-bond donors (Lipinski definition) is 1. The molecule has 1 atom stereocenters. The number of nitrogens with zero attached hydrogens (tertiary/aromatic N) is 1. The molecule has 1 saturated heterocycles. The summed E-state index contributed by atoms with van der Waals surface area (Å²) < 4.78 is 12.4. The van der Waals surface area contributed by atoms with Crippen LogP contribution < -0.4 is 4.74 Å². The number of fused-ring (bicyclic) bond motifs is 3. The molecule has 0 unspecified atom stereocenters. The monoisotopic (exact) mass is 383 g/mol. The molecule has 1 aliphatic carbocycles. The zero-order valence-electron chi connectivity index (χ0n) is 16.8. The van der Waals surface area contributed by atoms with Gasteiger partial charge in [0, 0.05) is 36.0 Å². The van der Waals surface area contributed by atoms with E-state index >= 15 is 0 Å². The smallest absolute Gasteiger partial charge is 0.289 e. The fourth-order valence-electron chi connectivity index (χ4n) is 5.39. The van der Waals surface area contributed by atoms with Crippen molar-refractivity contribution in [2.45, 2.75) is 70.5 Å². The number of carbonyl (C=O) groups is 1. The summed E-state index contributed by atoms with van der Waals surface area (Å²) in [4.78, 5) is 15.0. The number of amides is 1. The van der Waals surface area contributed by atoms with Crippen molar-refractivity contribution in [3.05, 3.63) is 29.0 Å². The molecule has 3 aliphatic rings. The Hall–Kier alpha value is -2.01. The first-order valence-corrected chi connectivity index (χ1v) is 10.7. The zero-order chi connectivity index (χ0) is 19.5. The summed E-state index contributed by atoms with van der Waals surface area (Å²) >= 11 is 0. The number of ether oxygens (including phenoxy) is 1. The number of likely N-dealkylation sites (tertiary alicyclic amines) is 1. The van der Waals surface area contributed by atoms with Crippen molar-refractivity contribution in [2.75, 3.05) is 13.1 Å². The van der Waals surface area contributed by atoms with Gasteiger partial charge in [0.2, 0.25) is 0 Å². The lowest BCUT2D eigenvalue weighted by atomic mass is 9.85. The molecule has 2 aliphatic heterocycles. The van der Waals surface area contributed by atoms with Crippen LogP contribution in [0.25, 0.3) is 11.0 Å². The molecule has 5 heteroatoms. The number of hydrogen-bond acceptors (Lipinski definition) is 4. The van der Waals surface area contributed by atoms with Gasteiger partial charge in [-0.1, -0.05) is 6.92 Å². The van der Waals surface area contributed by atoms with Gasteiger partial charge >= 0.3 is 0 Å². The Bertz CT molecular complexity index is 916. The van der Waals surface area contributed by atoms with Crippen LogP contribution in [0.15, 0.2) is 16.5 Å². The summed E-state index contributed by atoms with van der Waals surface area (Å²) in [6.07, 6.45) is 6.43. The van der Waals surface area contributed by atoms with E-state index in [4.69, 9.17) is 9.15 Å². The highest BCUT2D eigenvalue weighted by Gasteiger charge is 2.44. The van der Waals surface area contributed by atoms with Gasteiger partial charge in [-0.05, 0) is 63.5 Å². The van der Waals surface area contributed by atoms with Gasteiger partial charge in [0.25, 0.3) is 5.91 Å². The Labute approximate surface area is 165 Å². The van der Waals surface area contributed by atoms with Gasteiger partial charge in [0.15, 0.2) is 5.76 Å². The molecule has 1 aromatic heterocycles. The van der Waals surface area contributed by atoms with E-state index in [0.717, 1.165) is 73.9 Å². The number of rotatable bonds is 1. The maximum atomic E-state index is 13.1. The van der Waals surface area contributed by atoms with E-state index in [-0.39, 0.29) is 11.5 Å². The average Bonchev–Trinajstić information content (AvgIpc) is 3.26. The van der Waals surface area contributed by atoms with Crippen molar-refractivity contribution >= 4 is 16.9 Å². The lowest BCUT2D eigenvalue weighted by Crippen LogP contribution is -2.38. The van der Waals surface area contributed by atoms with Gasteiger partial charge in [-0.25, -0.2) is 0 Å². The number of aliphatic hydroxyl groups is 1. The first-order valence-electron chi connectivity index (χ1n) is 10.7. The summed E-state index contributed by atoms with van der Waals surface area (Å²) in [6, 6.07) is 3.79. The first-order chi connectivity index (χ1) is 13.5. The van der Waals surface area contributed by atoms with Gasteiger partial charge in [-0.15, -0.1) is 0 Å². The standard InChI is InChI=1S/C23H29NO4/c1-14-7-11-24(12-8-14)22(26)21-15(2)19-17(27-21)5-6-18-20(19)16(25)13-23(28-18)9-3-4-10-23/h5-6,14,16,25H,3-4,7-13H2,1-2H3/t16-/m0/s1. The maximum Gasteiger partial charge on any atom is 0.289 e. The second kappa shape index (κ2) is 6.51. The molecule has 0 bridgehead atoms. The van der Waals surface area contributed by atoms with Crippen molar-refractivity contribution in [1.29, 1.82) is 0 Å². The summed E-state index contributed by atoms with van der Waals surface area (Å²) in [6.45, 7) is 5.73. The van der Waals surface area contributed by atoms with E-state index in [1.165, 1.54) is 0 Å². The van der Waals surface area contributed by atoms with E-state index < -0.39 is 6.10 Å². The SMILES string of the molecule is Cc1c(C(=O)N2CCC(C)CC2)oc2ccc3c(c12)[C@@H](O)CC1(CCCC1)O3. The topological polar surface area (TPSA) is 62.9 Å². The summed E-state index contributed by atoms with van der Waals surface area (Å²) in [5.74, 6) is 1.80. The number of piperidine rings is 1. The molecule has 1 spiro atoms. The van der Waals surface area contributed by atoms with Crippen molar-refractivity contribution in [3.63, 3.8) is 0 Å². The van der Waals surface area contributed by atoms with Crippen LogP contribution in [0.3, 0.4) is 0 Å². The minimum atomic E-state index is -0.583.